The van der Waals surface area contributed by atoms with E-state index in [1.54, 1.807) is 13.0 Å². The number of halogens is 1. The number of non-ortho nitro benzene ring substituents is 1. The van der Waals surface area contributed by atoms with E-state index in [4.69, 9.17) is 9.15 Å². The maximum atomic E-state index is 12.9. The molecule has 1 heterocycles. The first-order chi connectivity index (χ1) is 12.9. The predicted molar refractivity (Wildman–Crippen MR) is 95.2 cm³/mol. The third kappa shape index (κ3) is 4.49. The van der Waals surface area contributed by atoms with Gasteiger partial charge in [-0.25, -0.2) is 4.39 Å². The monoisotopic (exact) mass is 370 g/mol. The van der Waals surface area contributed by atoms with Crippen LogP contribution in [0.25, 0.3) is 0 Å². The summed E-state index contributed by atoms with van der Waals surface area (Å²) in [5, 5.41) is 13.4. The minimum Gasteiger partial charge on any atom is -0.486 e. The van der Waals surface area contributed by atoms with Gasteiger partial charge in [0.15, 0.2) is 5.76 Å². The summed E-state index contributed by atoms with van der Waals surface area (Å²) in [7, 11) is 0. The van der Waals surface area contributed by atoms with Crippen LogP contribution in [0.2, 0.25) is 0 Å². The lowest BCUT2D eigenvalue weighted by molar-refractivity contribution is -0.384. The van der Waals surface area contributed by atoms with Crippen LogP contribution in [-0.4, -0.2) is 10.8 Å². The van der Waals surface area contributed by atoms with Crippen molar-refractivity contribution in [1.29, 1.82) is 0 Å². The van der Waals surface area contributed by atoms with Gasteiger partial charge >= 0.3 is 0 Å². The van der Waals surface area contributed by atoms with E-state index in [9.17, 15) is 19.3 Å². The van der Waals surface area contributed by atoms with E-state index in [2.05, 4.69) is 5.32 Å². The first-order valence-electron chi connectivity index (χ1n) is 7.96. The van der Waals surface area contributed by atoms with Crippen LogP contribution in [0.4, 0.5) is 15.8 Å². The predicted octanol–water partition coefficient (Wildman–Crippen LogP) is 4.47. The first kappa shape index (κ1) is 18.1. The number of benzene rings is 2. The van der Waals surface area contributed by atoms with E-state index in [-0.39, 0.29) is 23.9 Å². The van der Waals surface area contributed by atoms with Gasteiger partial charge in [0.25, 0.3) is 11.6 Å². The van der Waals surface area contributed by atoms with E-state index in [0.29, 0.717) is 22.8 Å². The fraction of sp³-hybridized carbons (Fsp3) is 0.105. The molecule has 0 unspecified atom stereocenters. The number of nitro groups is 1. The highest BCUT2D eigenvalue weighted by atomic mass is 19.1. The third-order valence-corrected chi connectivity index (χ3v) is 3.75. The molecule has 138 valence electrons. The fourth-order valence-electron chi connectivity index (χ4n) is 2.35. The molecule has 0 fully saturated rings. The molecule has 0 bridgehead atoms. The zero-order valence-corrected chi connectivity index (χ0v) is 14.3. The quantitative estimate of drug-likeness (QED) is 0.510. The largest absolute Gasteiger partial charge is 0.486 e. The van der Waals surface area contributed by atoms with Gasteiger partial charge in [-0.3, -0.25) is 14.9 Å². The molecule has 0 saturated carbocycles. The van der Waals surface area contributed by atoms with Crippen LogP contribution in [0, 0.1) is 22.9 Å². The van der Waals surface area contributed by atoms with Gasteiger partial charge in [0.2, 0.25) is 0 Å². The van der Waals surface area contributed by atoms with Crippen molar-refractivity contribution in [2.24, 2.45) is 0 Å². The summed E-state index contributed by atoms with van der Waals surface area (Å²) in [6, 6.07) is 12.8. The number of anilines is 1. The number of nitro benzene ring substituents is 1. The highest BCUT2D eigenvalue weighted by Crippen LogP contribution is 2.22. The van der Waals surface area contributed by atoms with Gasteiger partial charge in [-0.1, -0.05) is 0 Å². The summed E-state index contributed by atoms with van der Waals surface area (Å²) < 4.78 is 23.8. The van der Waals surface area contributed by atoms with Crippen LogP contribution in [0.5, 0.6) is 5.75 Å². The van der Waals surface area contributed by atoms with Gasteiger partial charge in [0, 0.05) is 17.8 Å². The lowest BCUT2D eigenvalue weighted by atomic mass is 10.2. The second-order valence-corrected chi connectivity index (χ2v) is 5.72. The van der Waals surface area contributed by atoms with Crippen LogP contribution in [0.3, 0.4) is 0 Å². The molecule has 1 N–H and O–H groups in total. The standard InChI is InChI=1S/C19H15FN2O5/c1-12-10-14(22(24)25)4-8-17(12)21-19(23)18-9-7-16(27-18)11-26-15-5-2-13(20)3-6-15/h2-10H,11H2,1H3,(H,21,23). The number of nitrogens with zero attached hydrogens (tertiary/aromatic N) is 1. The number of amides is 1. The maximum absolute atomic E-state index is 12.9. The van der Waals surface area contributed by atoms with Crippen molar-refractivity contribution in [3.8, 4) is 5.75 Å². The Morgan fingerprint density at radius 2 is 1.93 bits per heavy atom. The van der Waals surface area contributed by atoms with Gasteiger partial charge in [-0.2, -0.15) is 0 Å². The average Bonchev–Trinajstić information content (AvgIpc) is 3.12. The summed E-state index contributed by atoms with van der Waals surface area (Å²) in [5.74, 6) is 0.122. The number of hydrogen-bond donors (Lipinski definition) is 1. The molecule has 0 aliphatic carbocycles. The maximum Gasteiger partial charge on any atom is 0.291 e. The molecule has 8 heteroatoms. The second-order valence-electron chi connectivity index (χ2n) is 5.72. The minimum absolute atomic E-state index is 0.0521. The minimum atomic E-state index is -0.501. The summed E-state index contributed by atoms with van der Waals surface area (Å²) in [6.07, 6.45) is 0. The smallest absolute Gasteiger partial charge is 0.291 e. The topological polar surface area (TPSA) is 94.6 Å². The number of ether oxygens (including phenoxy) is 1. The number of rotatable bonds is 6. The Morgan fingerprint density at radius 1 is 1.19 bits per heavy atom. The van der Waals surface area contributed by atoms with E-state index in [0.717, 1.165) is 0 Å². The van der Waals surface area contributed by atoms with E-state index in [1.807, 2.05) is 0 Å². The molecule has 1 amide bonds. The average molecular weight is 370 g/mol. The van der Waals surface area contributed by atoms with Crippen LogP contribution in [0.1, 0.15) is 21.9 Å². The summed E-state index contributed by atoms with van der Waals surface area (Å²) in [6.45, 7) is 1.74. The van der Waals surface area contributed by atoms with Crippen molar-refractivity contribution in [3.05, 3.63) is 87.6 Å². The van der Waals surface area contributed by atoms with Crippen LogP contribution >= 0.6 is 0 Å². The summed E-state index contributed by atoms with van der Waals surface area (Å²) in [4.78, 5) is 22.6. The molecule has 2 aromatic carbocycles. The zero-order valence-electron chi connectivity index (χ0n) is 14.3. The molecule has 0 atom stereocenters. The number of nitrogens with one attached hydrogen (secondary N) is 1. The molecular formula is C19H15FN2O5. The Balaban J connectivity index is 1.63. The molecule has 0 saturated heterocycles. The first-order valence-corrected chi connectivity index (χ1v) is 7.96. The number of furan rings is 1. The Hall–Kier alpha value is -3.68. The Labute approximate surface area is 153 Å². The molecule has 7 nitrogen and oxygen atoms in total. The lowest BCUT2D eigenvalue weighted by Gasteiger charge is -2.07. The highest BCUT2D eigenvalue weighted by molar-refractivity contribution is 6.02. The Morgan fingerprint density at radius 3 is 2.59 bits per heavy atom. The number of carbonyl (C=O) groups is 1. The normalized spacial score (nSPS) is 10.4. The van der Waals surface area contributed by atoms with Crippen molar-refractivity contribution < 1.29 is 23.3 Å². The van der Waals surface area contributed by atoms with Gasteiger partial charge < -0.3 is 14.5 Å². The molecule has 3 aromatic rings. The fourth-order valence-corrected chi connectivity index (χ4v) is 2.35. The molecule has 0 aliphatic heterocycles. The SMILES string of the molecule is Cc1cc([N+](=O)[O-])ccc1NC(=O)c1ccc(COc2ccc(F)cc2)o1. The molecule has 0 aliphatic rings. The van der Waals surface area contributed by atoms with Crippen molar-refractivity contribution in [2.45, 2.75) is 13.5 Å². The van der Waals surface area contributed by atoms with E-state index in [1.165, 1.54) is 48.5 Å². The van der Waals surface area contributed by atoms with Crippen LogP contribution in [-0.2, 0) is 6.61 Å². The van der Waals surface area contributed by atoms with Gasteiger partial charge in [-0.05, 0) is 55.0 Å². The van der Waals surface area contributed by atoms with Crippen LogP contribution in [0.15, 0.2) is 59.0 Å². The molecule has 1 aromatic heterocycles. The lowest BCUT2D eigenvalue weighted by Crippen LogP contribution is -2.12. The van der Waals surface area contributed by atoms with Crippen molar-refractivity contribution in [3.63, 3.8) is 0 Å². The molecule has 27 heavy (non-hydrogen) atoms. The Kier molecular flexibility index (Phi) is 5.16. The van der Waals surface area contributed by atoms with Gasteiger partial charge in [-0.15, -0.1) is 0 Å². The Bertz CT molecular complexity index is 982. The molecule has 0 radical (unpaired) electrons. The zero-order chi connectivity index (χ0) is 19.4. The summed E-state index contributed by atoms with van der Waals surface area (Å²) >= 11 is 0. The summed E-state index contributed by atoms with van der Waals surface area (Å²) in [5.41, 5.74) is 0.957. The van der Waals surface area contributed by atoms with Crippen molar-refractivity contribution >= 4 is 17.3 Å². The molecular weight excluding hydrogens is 355 g/mol. The molecule has 0 spiro atoms. The second kappa shape index (κ2) is 7.69. The van der Waals surface area contributed by atoms with Crippen molar-refractivity contribution in [2.75, 3.05) is 5.32 Å². The number of hydrogen-bond acceptors (Lipinski definition) is 5. The highest BCUT2D eigenvalue weighted by Gasteiger charge is 2.15. The van der Waals surface area contributed by atoms with E-state index >= 15 is 0 Å². The van der Waals surface area contributed by atoms with Crippen LogP contribution < -0.4 is 10.1 Å². The number of carbonyl (C=O) groups excluding carboxylic acids is 1. The third-order valence-electron chi connectivity index (χ3n) is 3.75. The van der Waals surface area contributed by atoms with Crippen molar-refractivity contribution in [1.82, 2.24) is 0 Å². The number of aryl methyl sites for hydroxylation is 1. The van der Waals surface area contributed by atoms with E-state index < -0.39 is 10.8 Å². The van der Waals surface area contributed by atoms with Gasteiger partial charge in [0.1, 0.15) is 23.9 Å². The van der Waals surface area contributed by atoms with Gasteiger partial charge in [0.05, 0.1) is 4.92 Å². The molecule has 3 rings (SSSR count).